The molecule has 0 amide bonds. The second-order valence-corrected chi connectivity index (χ2v) is 4.40. The first-order valence-electron chi connectivity index (χ1n) is 6.06. The van der Waals surface area contributed by atoms with Gasteiger partial charge >= 0.3 is 0 Å². The Balaban J connectivity index is 2.66. The molecule has 0 atom stereocenters. The Morgan fingerprint density at radius 3 is 2.58 bits per heavy atom. The van der Waals surface area contributed by atoms with Crippen LogP contribution in [0.5, 0.6) is 11.5 Å². The minimum Gasteiger partial charge on any atom is -0.497 e. The fourth-order valence-electron chi connectivity index (χ4n) is 2.20. The Hall–Kier alpha value is -2.01. The predicted octanol–water partition coefficient (Wildman–Crippen LogP) is 1.87. The molecule has 2 N–H and O–H groups in total. The summed E-state index contributed by atoms with van der Waals surface area (Å²) in [7, 11) is 5.16. The third-order valence-electron chi connectivity index (χ3n) is 3.09. The van der Waals surface area contributed by atoms with E-state index in [1.165, 1.54) is 0 Å². The number of methoxy groups -OCH3 is 2. The van der Waals surface area contributed by atoms with Crippen LogP contribution in [0.15, 0.2) is 18.3 Å². The number of nitrogens with zero attached hydrogens (tertiary/aromatic N) is 2. The van der Waals surface area contributed by atoms with Gasteiger partial charge in [-0.1, -0.05) is 0 Å². The van der Waals surface area contributed by atoms with Crippen molar-refractivity contribution in [3.05, 3.63) is 29.5 Å². The molecular weight excluding hydrogens is 242 g/mol. The maximum Gasteiger partial charge on any atom is 0.132 e. The molecule has 0 aliphatic rings. The number of ether oxygens (including phenoxy) is 2. The Bertz CT molecular complexity index is 591. The summed E-state index contributed by atoms with van der Waals surface area (Å²) < 4.78 is 12.5. The van der Waals surface area contributed by atoms with Crippen molar-refractivity contribution in [2.24, 2.45) is 12.8 Å². The average molecular weight is 261 g/mol. The Morgan fingerprint density at radius 1 is 1.26 bits per heavy atom. The van der Waals surface area contributed by atoms with Crippen LogP contribution in [-0.2, 0) is 13.6 Å². The van der Waals surface area contributed by atoms with Crippen molar-refractivity contribution in [2.75, 3.05) is 14.2 Å². The molecule has 5 heteroatoms. The minimum absolute atomic E-state index is 0.442. The molecule has 5 nitrogen and oxygen atoms in total. The molecule has 0 saturated heterocycles. The van der Waals surface area contributed by atoms with Gasteiger partial charge in [0.15, 0.2) is 0 Å². The van der Waals surface area contributed by atoms with Gasteiger partial charge in [-0.3, -0.25) is 4.68 Å². The fourth-order valence-corrected chi connectivity index (χ4v) is 2.20. The average Bonchev–Trinajstić information content (AvgIpc) is 2.78. The first-order valence-corrected chi connectivity index (χ1v) is 6.06. The normalized spacial score (nSPS) is 10.6. The molecule has 0 radical (unpaired) electrons. The van der Waals surface area contributed by atoms with Gasteiger partial charge in [-0.15, -0.1) is 0 Å². The van der Waals surface area contributed by atoms with Gasteiger partial charge in [0.05, 0.1) is 14.2 Å². The van der Waals surface area contributed by atoms with Gasteiger partial charge < -0.3 is 15.2 Å². The number of hydrogen-bond acceptors (Lipinski definition) is 4. The van der Waals surface area contributed by atoms with E-state index in [9.17, 15) is 0 Å². The number of aromatic nitrogens is 2. The predicted molar refractivity (Wildman–Crippen MR) is 74.4 cm³/mol. The van der Waals surface area contributed by atoms with E-state index < -0.39 is 0 Å². The van der Waals surface area contributed by atoms with Crippen LogP contribution in [-0.4, -0.2) is 24.0 Å². The zero-order valence-electron chi connectivity index (χ0n) is 11.7. The van der Waals surface area contributed by atoms with Crippen molar-refractivity contribution in [1.82, 2.24) is 9.78 Å². The van der Waals surface area contributed by atoms with Gasteiger partial charge in [-0.25, -0.2) is 0 Å². The summed E-state index contributed by atoms with van der Waals surface area (Å²) in [6.07, 6.45) is 1.93. The number of hydrogen-bond donors (Lipinski definition) is 1. The minimum atomic E-state index is 0.442. The fraction of sp³-hybridized carbons (Fsp3) is 0.357. The maximum absolute atomic E-state index is 5.78. The molecule has 1 aromatic heterocycles. The lowest BCUT2D eigenvalue weighted by atomic mass is 10.0. The quantitative estimate of drug-likeness (QED) is 0.912. The molecule has 0 aliphatic carbocycles. The van der Waals surface area contributed by atoms with E-state index in [1.54, 1.807) is 18.9 Å². The van der Waals surface area contributed by atoms with Crippen LogP contribution >= 0.6 is 0 Å². The summed E-state index contributed by atoms with van der Waals surface area (Å²) in [4.78, 5) is 0. The summed E-state index contributed by atoms with van der Waals surface area (Å²) in [5.74, 6) is 1.51. The van der Waals surface area contributed by atoms with E-state index in [1.807, 2.05) is 32.3 Å². The molecule has 102 valence electrons. The van der Waals surface area contributed by atoms with Crippen LogP contribution in [0.3, 0.4) is 0 Å². The molecule has 19 heavy (non-hydrogen) atoms. The number of rotatable bonds is 4. The van der Waals surface area contributed by atoms with Crippen LogP contribution in [0.4, 0.5) is 0 Å². The van der Waals surface area contributed by atoms with Crippen molar-refractivity contribution in [2.45, 2.75) is 13.5 Å². The van der Waals surface area contributed by atoms with Crippen molar-refractivity contribution in [1.29, 1.82) is 0 Å². The Labute approximate surface area is 112 Å². The van der Waals surface area contributed by atoms with Crippen LogP contribution in [0.2, 0.25) is 0 Å². The highest BCUT2D eigenvalue weighted by Gasteiger charge is 2.17. The van der Waals surface area contributed by atoms with E-state index in [2.05, 4.69) is 5.10 Å². The summed E-state index contributed by atoms with van der Waals surface area (Å²) >= 11 is 0. The van der Waals surface area contributed by atoms with E-state index in [-0.39, 0.29) is 0 Å². The lowest BCUT2D eigenvalue weighted by Gasteiger charge is -2.13. The zero-order chi connectivity index (χ0) is 14.0. The highest BCUT2D eigenvalue weighted by Crippen LogP contribution is 2.37. The zero-order valence-corrected chi connectivity index (χ0v) is 11.7. The molecule has 2 rings (SSSR count). The second-order valence-electron chi connectivity index (χ2n) is 4.40. The summed E-state index contributed by atoms with van der Waals surface area (Å²) in [6.45, 7) is 2.45. The monoisotopic (exact) mass is 261 g/mol. The third-order valence-corrected chi connectivity index (χ3v) is 3.09. The molecule has 2 aromatic rings. The summed E-state index contributed by atoms with van der Waals surface area (Å²) in [6, 6.07) is 3.82. The van der Waals surface area contributed by atoms with Gasteiger partial charge in [0, 0.05) is 37.0 Å². The standard InChI is InChI=1S/C14H19N3O2/c1-9-5-11(18-3)6-12(19-4)13(9)14-10(7-15)8-17(2)16-14/h5-6,8H,7,15H2,1-4H3. The van der Waals surface area contributed by atoms with E-state index in [0.717, 1.165) is 33.9 Å². The molecule has 1 heterocycles. The van der Waals surface area contributed by atoms with Crippen LogP contribution in [0.1, 0.15) is 11.1 Å². The first-order chi connectivity index (χ1) is 9.10. The van der Waals surface area contributed by atoms with Crippen molar-refractivity contribution in [3.8, 4) is 22.8 Å². The summed E-state index contributed by atoms with van der Waals surface area (Å²) in [5, 5.41) is 4.49. The SMILES string of the molecule is COc1cc(C)c(-c2nn(C)cc2CN)c(OC)c1. The van der Waals surface area contributed by atoms with Crippen LogP contribution in [0, 0.1) is 6.92 Å². The van der Waals surface area contributed by atoms with Gasteiger partial charge in [0.25, 0.3) is 0 Å². The topological polar surface area (TPSA) is 62.3 Å². The highest BCUT2D eigenvalue weighted by molar-refractivity contribution is 5.74. The molecule has 0 bridgehead atoms. The van der Waals surface area contributed by atoms with Crippen LogP contribution in [0.25, 0.3) is 11.3 Å². The smallest absolute Gasteiger partial charge is 0.132 e. The van der Waals surface area contributed by atoms with E-state index in [0.29, 0.717) is 6.54 Å². The van der Waals surface area contributed by atoms with Crippen LogP contribution < -0.4 is 15.2 Å². The Kier molecular flexibility index (Phi) is 3.76. The number of nitrogens with two attached hydrogens (primary N) is 1. The molecule has 0 unspecified atom stereocenters. The number of benzene rings is 1. The first kappa shape index (κ1) is 13.4. The number of aryl methyl sites for hydroxylation is 2. The van der Waals surface area contributed by atoms with Gasteiger partial charge in [-0.05, 0) is 18.6 Å². The van der Waals surface area contributed by atoms with Gasteiger partial charge in [-0.2, -0.15) is 5.10 Å². The molecule has 0 spiro atoms. The van der Waals surface area contributed by atoms with E-state index >= 15 is 0 Å². The maximum atomic E-state index is 5.78. The van der Waals surface area contributed by atoms with Crippen molar-refractivity contribution >= 4 is 0 Å². The molecule has 0 saturated carbocycles. The highest BCUT2D eigenvalue weighted by atomic mass is 16.5. The third kappa shape index (κ3) is 2.42. The molecular formula is C14H19N3O2. The second kappa shape index (κ2) is 5.32. The van der Waals surface area contributed by atoms with Gasteiger partial charge in [0.1, 0.15) is 17.2 Å². The largest absolute Gasteiger partial charge is 0.497 e. The molecule has 1 aromatic carbocycles. The van der Waals surface area contributed by atoms with Crippen molar-refractivity contribution < 1.29 is 9.47 Å². The molecule has 0 fully saturated rings. The van der Waals surface area contributed by atoms with Gasteiger partial charge in [0.2, 0.25) is 0 Å². The van der Waals surface area contributed by atoms with Crippen molar-refractivity contribution in [3.63, 3.8) is 0 Å². The lowest BCUT2D eigenvalue weighted by Crippen LogP contribution is -2.00. The lowest BCUT2D eigenvalue weighted by molar-refractivity contribution is 0.394. The summed E-state index contributed by atoms with van der Waals surface area (Å²) in [5.41, 5.74) is 9.65. The molecule has 0 aliphatic heterocycles. The Morgan fingerprint density at radius 2 is 2.00 bits per heavy atom. The van der Waals surface area contributed by atoms with E-state index in [4.69, 9.17) is 15.2 Å².